The number of aromatic nitrogens is 4. The number of hydrogen-bond donors (Lipinski definition) is 1. The van der Waals surface area contributed by atoms with Crippen LogP contribution in [0.4, 0.5) is 10.2 Å². The molecule has 166 valence electrons. The van der Waals surface area contributed by atoms with Crippen LogP contribution < -0.4 is 5.32 Å². The van der Waals surface area contributed by atoms with Gasteiger partial charge in [-0.1, -0.05) is 12.5 Å². The molecule has 3 aromatic rings. The molecule has 2 fully saturated rings. The molecule has 1 N–H and O–H groups in total. The topological polar surface area (TPSA) is 75.9 Å². The molecule has 2 aliphatic rings. The lowest BCUT2D eigenvalue weighted by Crippen LogP contribution is -2.54. The molecule has 1 spiro atoms. The average Bonchev–Trinajstić information content (AvgIpc) is 3.32. The van der Waals surface area contributed by atoms with E-state index in [0.717, 1.165) is 24.2 Å². The summed E-state index contributed by atoms with van der Waals surface area (Å²) in [5.41, 5.74) is 2.20. The highest BCUT2D eigenvalue weighted by Crippen LogP contribution is 2.50. The highest BCUT2D eigenvalue weighted by Gasteiger charge is 2.45. The fourth-order valence-electron chi connectivity index (χ4n) is 4.98. The number of piperidine rings is 1. The lowest BCUT2D eigenvalue weighted by molar-refractivity contribution is 0.00326. The van der Waals surface area contributed by atoms with E-state index in [1.165, 1.54) is 36.2 Å². The third-order valence-corrected chi connectivity index (χ3v) is 6.92. The Morgan fingerprint density at radius 3 is 2.69 bits per heavy atom. The molecular formula is C24H27FN6O. The fraction of sp³-hybridized carbons (Fsp3) is 0.417. The Hall–Kier alpha value is -3.29. The van der Waals surface area contributed by atoms with E-state index in [0.29, 0.717) is 24.2 Å². The van der Waals surface area contributed by atoms with Crippen molar-refractivity contribution >= 4 is 11.7 Å². The minimum Gasteiger partial charge on any atom is -0.368 e. The molecular weight excluding hydrogens is 407 g/mol. The van der Waals surface area contributed by atoms with Crippen molar-refractivity contribution in [3.05, 3.63) is 65.9 Å². The molecule has 1 amide bonds. The van der Waals surface area contributed by atoms with Gasteiger partial charge in [-0.3, -0.25) is 4.79 Å². The highest BCUT2D eigenvalue weighted by atomic mass is 19.1. The molecule has 2 aromatic heterocycles. The number of likely N-dealkylation sites (tertiary alicyclic amines) is 1. The SMILES string of the molecule is Cc1ccc(NC[C@@H]2CC3(CCC3)CCN2C(=O)c2cc(F)ccc2-n2nccn2)nc1. The van der Waals surface area contributed by atoms with E-state index in [9.17, 15) is 9.18 Å². The molecule has 5 rings (SSSR count). The molecule has 32 heavy (non-hydrogen) atoms. The van der Waals surface area contributed by atoms with Crippen molar-refractivity contribution < 1.29 is 9.18 Å². The van der Waals surface area contributed by atoms with E-state index in [2.05, 4.69) is 20.5 Å². The number of anilines is 1. The molecule has 3 heterocycles. The van der Waals surface area contributed by atoms with Gasteiger partial charge in [0.15, 0.2) is 0 Å². The third kappa shape index (κ3) is 3.97. The Kier molecular flexibility index (Phi) is 5.36. The van der Waals surface area contributed by atoms with Crippen LogP contribution in [-0.2, 0) is 0 Å². The van der Waals surface area contributed by atoms with Crippen molar-refractivity contribution in [2.24, 2.45) is 5.41 Å². The summed E-state index contributed by atoms with van der Waals surface area (Å²) in [6, 6.07) is 8.16. The molecule has 7 nitrogen and oxygen atoms in total. The Morgan fingerprint density at radius 1 is 1.19 bits per heavy atom. The Balaban J connectivity index is 1.42. The van der Waals surface area contributed by atoms with E-state index in [1.54, 1.807) is 18.5 Å². The summed E-state index contributed by atoms with van der Waals surface area (Å²) < 4.78 is 14.2. The average molecular weight is 435 g/mol. The lowest BCUT2D eigenvalue weighted by Gasteiger charge is -2.51. The number of pyridine rings is 1. The van der Waals surface area contributed by atoms with Gasteiger partial charge in [-0.25, -0.2) is 9.37 Å². The van der Waals surface area contributed by atoms with E-state index < -0.39 is 5.82 Å². The number of aryl methyl sites for hydroxylation is 1. The lowest BCUT2D eigenvalue weighted by atomic mass is 9.61. The Morgan fingerprint density at radius 2 is 2.00 bits per heavy atom. The van der Waals surface area contributed by atoms with Gasteiger partial charge >= 0.3 is 0 Å². The summed E-state index contributed by atoms with van der Waals surface area (Å²) in [7, 11) is 0. The van der Waals surface area contributed by atoms with E-state index >= 15 is 0 Å². The number of carbonyl (C=O) groups is 1. The minimum absolute atomic E-state index is 0.00125. The third-order valence-electron chi connectivity index (χ3n) is 6.92. The van der Waals surface area contributed by atoms with Gasteiger partial charge in [0.1, 0.15) is 11.6 Å². The van der Waals surface area contributed by atoms with Crippen molar-refractivity contribution in [3.8, 4) is 5.69 Å². The molecule has 1 saturated carbocycles. The van der Waals surface area contributed by atoms with E-state index in [1.807, 2.05) is 30.2 Å². The van der Waals surface area contributed by atoms with Crippen molar-refractivity contribution in [1.29, 1.82) is 0 Å². The smallest absolute Gasteiger partial charge is 0.256 e. The molecule has 1 aliphatic carbocycles. The van der Waals surface area contributed by atoms with Crippen LogP contribution in [0.2, 0.25) is 0 Å². The zero-order chi connectivity index (χ0) is 22.1. The van der Waals surface area contributed by atoms with Crippen LogP contribution in [-0.4, -0.2) is 49.9 Å². The Bertz CT molecular complexity index is 1090. The zero-order valence-corrected chi connectivity index (χ0v) is 18.2. The number of nitrogens with zero attached hydrogens (tertiary/aromatic N) is 5. The molecule has 1 atom stereocenters. The van der Waals surface area contributed by atoms with Crippen LogP contribution in [0.5, 0.6) is 0 Å². The second-order valence-corrected chi connectivity index (χ2v) is 9.04. The standard InChI is InChI=1S/C24H27FN6O/c1-17-3-6-22(26-15-17)27-16-19-14-24(7-2-8-24)9-12-30(19)23(32)20-13-18(25)4-5-21(20)31-28-10-11-29-31/h3-6,10-11,13,15,19H,2,7-9,12,14,16H2,1H3,(H,26,27)/t19-/m0/s1. The van der Waals surface area contributed by atoms with Gasteiger partial charge in [0, 0.05) is 25.3 Å². The van der Waals surface area contributed by atoms with Crippen molar-refractivity contribution in [2.45, 2.75) is 45.1 Å². The first-order valence-corrected chi connectivity index (χ1v) is 11.2. The number of nitrogens with one attached hydrogen (secondary N) is 1. The molecule has 1 aromatic carbocycles. The van der Waals surface area contributed by atoms with Gasteiger partial charge in [0.05, 0.1) is 23.6 Å². The second kappa shape index (κ2) is 8.33. The summed E-state index contributed by atoms with van der Waals surface area (Å²) in [6.07, 6.45) is 10.5. The summed E-state index contributed by atoms with van der Waals surface area (Å²) in [6.45, 7) is 3.27. The van der Waals surface area contributed by atoms with Crippen LogP contribution in [0, 0.1) is 18.2 Å². The number of halogens is 1. The zero-order valence-electron chi connectivity index (χ0n) is 18.2. The van der Waals surface area contributed by atoms with Crippen LogP contribution in [0.15, 0.2) is 48.9 Å². The quantitative estimate of drug-likeness (QED) is 0.657. The van der Waals surface area contributed by atoms with Crippen LogP contribution in [0.25, 0.3) is 5.69 Å². The van der Waals surface area contributed by atoms with Gasteiger partial charge in [-0.2, -0.15) is 15.0 Å². The van der Waals surface area contributed by atoms with E-state index in [-0.39, 0.29) is 17.5 Å². The monoisotopic (exact) mass is 434 g/mol. The predicted molar refractivity (Wildman–Crippen MR) is 119 cm³/mol. The summed E-state index contributed by atoms with van der Waals surface area (Å²) in [5, 5.41) is 11.7. The Labute approximate surface area is 186 Å². The van der Waals surface area contributed by atoms with Gasteiger partial charge < -0.3 is 10.2 Å². The second-order valence-electron chi connectivity index (χ2n) is 9.04. The van der Waals surface area contributed by atoms with Gasteiger partial charge in [0.25, 0.3) is 5.91 Å². The maximum Gasteiger partial charge on any atom is 0.256 e. The summed E-state index contributed by atoms with van der Waals surface area (Å²) in [5.74, 6) is 0.160. The molecule has 0 radical (unpaired) electrons. The first kappa shape index (κ1) is 20.6. The predicted octanol–water partition coefficient (Wildman–Crippen LogP) is 4.00. The molecule has 8 heteroatoms. The molecule has 1 aliphatic heterocycles. The molecule has 0 bridgehead atoms. The van der Waals surface area contributed by atoms with Gasteiger partial charge in [-0.05, 0) is 67.9 Å². The maximum atomic E-state index is 14.2. The normalized spacial score (nSPS) is 19.6. The maximum absolute atomic E-state index is 14.2. The number of hydrogen-bond acceptors (Lipinski definition) is 5. The largest absolute Gasteiger partial charge is 0.368 e. The van der Waals surface area contributed by atoms with Crippen LogP contribution >= 0.6 is 0 Å². The van der Waals surface area contributed by atoms with Crippen molar-refractivity contribution in [1.82, 2.24) is 24.9 Å². The van der Waals surface area contributed by atoms with E-state index in [4.69, 9.17) is 0 Å². The van der Waals surface area contributed by atoms with Crippen molar-refractivity contribution in [2.75, 3.05) is 18.4 Å². The highest BCUT2D eigenvalue weighted by molar-refractivity contribution is 5.98. The number of benzene rings is 1. The first-order valence-electron chi connectivity index (χ1n) is 11.2. The number of amides is 1. The first-order chi connectivity index (χ1) is 15.5. The van der Waals surface area contributed by atoms with Gasteiger partial charge in [-0.15, -0.1) is 0 Å². The van der Waals surface area contributed by atoms with Gasteiger partial charge in [0.2, 0.25) is 0 Å². The minimum atomic E-state index is -0.449. The fourth-order valence-corrected chi connectivity index (χ4v) is 4.98. The number of carbonyl (C=O) groups excluding carboxylic acids is 1. The molecule has 1 saturated heterocycles. The molecule has 0 unspecified atom stereocenters. The van der Waals surface area contributed by atoms with Crippen molar-refractivity contribution in [3.63, 3.8) is 0 Å². The number of rotatable bonds is 5. The summed E-state index contributed by atoms with van der Waals surface area (Å²) in [4.78, 5) is 21.4. The van der Waals surface area contributed by atoms with Crippen LogP contribution in [0.3, 0.4) is 0 Å². The van der Waals surface area contributed by atoms with Crippen LogP contribution in [0.1, 0.15) is 48.0 Å². The summed E-state index contributed by atoms with van der Waals surface area (Å²) >= 11 is 0.